The van der Waals surface area contributed by atoms with Crippen molar-refractivity contribution in [2.75, 3.05) is 17.7 Å². The molecule has 0 saturated heterocycles. The van der Waals surface area contributed by atoms with E-state index in [1.807, 2.05) is 39.8 Å². The summed E-state index contributed by atoms with van der Waals surface area (Å²) in [7, 11) is -4.05. The van der Waals surface area contributed by atoms with Gasteiger partial charge in [0.1, 0.15) is 5.75 Å². The Morgan fingerprint density at radius 1 is 1.12 bits per heavy atom. The first-order chi connectivity index (χ1) is 15.6. The van der Waals surface area contributed by atoms with Gasteiger partial charge in [-0.3, -0.25) is 9.59 Å². The summed E-state index contributed by atoms with van der Waals surface area (Å²) < 4.78 is 31.0. The van der Waals surface area contributed by atoms with Crippen LogP contribution in [-0.4, -0.2) is 36.7 Å². The number of aromatic amines is 1. The highest BCUT2D eigenvalue weighted by molar-refractivity contribution is 7.99. The van der Waals surface area contributed by atoms with Crippen molar-refractivity contribution in [1.82, 2.24) is 9.97 Å². The molecule has 2 aromatic carbocycles. The lowest BCUT2D eigenvalue weighted by atomic mass is 10.1. The molecule has 10 heteroatoms. The van der Waals surface area contributed by atoms with E-state index in [-0.39, 0.29) is 21.7 Å². The van der Waals surface area contributed by atoms with Gasteiger partial charge in [0.25, 0.3) is 5.56 Å². The predicted octanol–water partition coefficient (Wildman–Crippen LogP) is 3.66. The SMILES string of the molecule is CCOc1ccc(S(=O)(=O)c2cnc(SCC(=O)Nc3c(C)cc(C)cc3C)[nH]c2=O)cc1. The second kappa shape index (κ2) is 10.2. The van der Waals surface area contributed by atoms with E-state index in [4.69, 9.17) is 4.74 Å². The van der Waals surface area contributed by atoms with Gasteiger partial charge in [-0.05, 0) is 63.1 Å². The van der Waals surface area contributed by atoms with Crippen LogP contribution in [-0.2, 0) is 14.6 Å². The van der Waals surface area contributed by atoms with E-state index in [1.165, 1.54) is 24.3 Å². The lowest BCUT2D eigenvalue weighted by Gasteiger charge is -2.12. The third kappa shape index (κ3) is 5.82. The van der Waals surface area contributed by atoms with Crippen LogP contribution in [0.3, 0.4) is 0 Å². The Morgan fingerprint density at radius 2 is 1.76 bits per heavy atom. The zero-order chi connectivity index (χ0) is 24.2. The number of nitrogens with one attached hydrogen (secondary N) is 2. The first-order valence-electron chi connectivity index (χ1n) is 10.2. The molecule has 3 rings (SSSR count). The van der Waals surface area contributed by atoms with E-state index in [0.29, 0.717) is 12.4 Å². The number of nitrogens with zero attached hydrogens (tertiary/aromatic N) is 1. The lowest BCUT2D eigenvalue weighted by molar-refractivity contribution is -0.113. The molecule has 1 heterocycles. The number of hydrogen-bond acceptors (Lipinski definition) is 7. The summed E-state index contributed by atoms with van der Waals surface area (Å²) in [6, 6.07) is 9.77. The molecule has 0 aliphatic rings. The van der Waals surface area contributed by atoms with E-state index in [2.05, 4.69) is 15.3 Å². The van der Waals surface area contributed by atoms with Crippen LogP contribution in [0, 0.1) is 20.8 Å². The fourth-order valence-electron chi connectivity index (χ4n) is 3.33. The van der Waals surface area contributed by atoms with Crippen LogP contribution in [0.15, 0.2) is 62.3 Å². The Labute approximate surface area is 196 Å². The summed E-state index contributed by atoms with van der Waals surface area (Å²) in [6.45, 7) is 8.11. The van der Waals surface area contributed by atoms with Crippen molar-refractivity contribution in [3.05, 3.63) is 69.6 Å². The molecule has 3 aromatic rings. The maximum atomic E-state index is 12.8. The quantitative estimate of drug-likeness (QED) is 0.368. The summed E-state index contributed by atoms with van der Waals surface area (Å²) >= 11 is 1.01. The van der Waals surface area contributed by atoms with Crippen LogP contribution in [0.25, 0.3) is 0 Å². The van der Waals surface area contributed by atoms with Gasteiger partial charge >= 0.3 is 0 Å². The van der Waals surface area contributed by atoms with E-state index in [9.17, 15) is 18.0 Å². The van der Waals surface area contributed by atoms with Gasteiger partial charge in [-0.2, -0.15) is 0 Å². The highest BCUT2D eigenvalue weighted by atomic mass is 32.2. The number of carbonyl (C=O) groups is 1. The lowest BCUT2D eigenvalue weighted by Crippen LogP contribution is -2.20. The molecule has 33 heavy (non-hydrogen) atoms. The number of benzene rings is 2. The van der Waals surface area contributed by atoms with E-state index < -0.39 is 20.3 Å². The number of sulfone groups is 1. The molecular weight excluding hydrogens is 462 g/mol. The van der Waals surface area contributed by atoms with Gasteiger partial charge in [0.05, 0.1) is 23.5 Å². The summed E-state index contributed by atoms with van der Waals surface area (Å²) in [5.41, 5.74) is 2.98. The summed E-state index contributed by atoms with van der Waals surface area (Å²) in [4.78, 5) is 30.8. The molecule has 1 aromatic heterocycles. The standard InChI is InChI=1S/C23H25N3O5S2/c1-5-31-17-6-8-18(9-7-17)33(29,30)19-12-24-23(26-22(19)28)32-13-20(27)25-21-15(3)10-14(2)11-16(21)4/h6-12H,5,13H2,1-4H3,(H,25,27)(H,24,26,28). The van der Waals surface area contributed by atoms with Crippen LogP contribution >= 0.6 is 11.8 Å². The molecule has 1 amide bonds. The Hall–Kier alpha value is -3.11. The molecule has 2 N–H and O–H groups in total. The molecule has 0 aliphatic carbocycles. The zero-order valence-corrected chi connectivity index (χ0v) is 20.4. The zero-order valence-electron chi connectivity index (χ0n) is 18.8. The molecule has 8 nitrogen and oxygen atoms in total. The summed E-state index contributed by atoms with van der Waals surface area (Å²) in [5, 5.41) is 3.03. The number of carbonyl (C=O) groups excluding carboxylic acids is 1. The number of H-pyrrole nitrogens is 1. The number of aryl methyl sites for hydroxylation is 3. The van der Waals surface area contributed by atoms with Crippen molar-refractivity contribution in [1.29, 1.82) is 0 Å². The Balaban J connectivity index is 1.70. The Bertz CT molecular complexity index is 1310. The highest BCUT2D eigenvalue weighted by Gasteiger charge is 2.22. The van der Waals surface area contributed by atoms with Gasteiger partial charge in [-0.15, -0.1) is 0 Å². The molecule has 0 saturated carbocycles. The number of rotatable bonds is 8. The normalized spacial score (nSPS) is 11.3. The smallest absolute Gasteiger partial charge is 0.270 e. The van der Waals surface area contributed by atoms with Gasteiger partial charge in [0.15, 0.2) is 10.1 Å². The van der Waals surface area contributed by atoms with Crippen LogP contribution in [0.4, 0.5) is 5.69 Å². The molecular formula is C23H25N3O5S2. The van der Waals surface area contributed by atoms with Crippen molar-refractivity contribution in [2.45, 2.75) is 42.6 Å². The summed E-state index contributed by atoms with van der Waals surface area (Å²) in [5.74, 6) is 0.272. The minimum atomic E-state index is -4.05. The number of ether oxygens (including phenoxy) is 1. The number of hydrogen-bond donors (Lipinski definition) is 2. The van der Waals surface area contributed by atoms with Crippen LogP contribution in [0.1, 0.15) is 23.6 Å². The van der Waals surface area contributed by atoms with Gasteiger partial charge in [0, 0.05) is 5.69 Å². The Kier molecular flexibility index (Phi) is 7.60. The molecule has 174 valence electrons. The van der Waals surface area contributed by atoms with Crippen LogP contribution in [0.2, 0.25) is 0 Å². The minimum absolute atomic E-state index is 0.000678. The Morgan fingerprint density at radius 3 is 2.33 bits per heavy atom. The average molecular weight is 488 g/mol. The van der Waals surface area contributed by atoms with E-state index in [1.54, 1.807) is 0 Å². The second-order valence-electron chi connectivity index (χ2n) is 7.40. The molecule has 0 bridgehead atoms. The van der Waals surface area contributed by atoms with E-state index >= 15 is 0 Å². The van der Waals surface area contributed by atoms with E-state index in [0.717, 1.165) is 40.3 Å². The van der Waals surface area contributed by atoms with Crippen molar-refractivity contribution in [3.8, 4) is 5.75 Å². The van der Waals surface area contributed by atoms with Gasteiger partial charge < -0.3 is 15.0 Å². The first-order valence-corrected chi connectivity index (χ1v) is 12.7. The fourth-order valence-corrected chi connectivity index (χ4v) is 5.19. The highest BCUT2D eigenvalue weighted by Crippen LogP contribution is 2.23. The largest absolute Gasteiger partial charge is 0.494 e. The summed E-state index contributed by atoms with van der Waals surface area (Å²) in [6.07, 6.45) is 1.01. The number of anilines is 1. The van der Waals surface area contributed by atoms with Crippen molar-refractivity contribution >= 4 is 33.2 Å². The average Bonchev–Trinajstić information content (AvgIpc) is 2.75. The second-order valence-corrected chi connectivity index (χ2v) is 10.3. The monoisotopic (exact) mass is 487 g/mol. The number of aromatic nitrogens is 2. The number of thioether (sulfide) groups is 1. The van der Waals surface area contributed by atoms with Gasteiger partial charge in [-0.25, -0.2) is 13.4 Å². The molecule has 0 radical (unpaired) electrons. The molecule has 0 fully saturated rings. The van der Waals surface area contributed by atoms with Crippen molar-refractivity contribution in [3.63, 3.8) is 0 Å². The van der Waals surface area contributed by atoms with Gasteiger partial charge in [-0.1, -0.05) is 29.5 Å². The third-order valence-electron chi connectivity index (χ3n) is 4.76. The molecule has 0 atom stereocenters. The first kappa shape index (κ1) is 24.5. The van der Waals surface area contributed by atoms with Crippen molar-refractivity contribution in [2.24, 2.45) is 0 Å². The predicted molar refractivity (Wildman–Crippen MR) is 128 cm³/mol. The number of amides is 1. The maximum Gasteiger partial charge on any atom is 0.270 e. The van der Waals surface area contributed by atoms with Crippen molar-refractivity contribution < 1.29 is 17.9 Å². The van der Waals surface area contributed by atoms with Crippen LogP contribution in [0.5, 0.6) is 5.75 Å². The third-order valence-corrected chi connectivity index (χ3v) is 7.41. The fraction of sp³-hybridized carbons (Fsp3) is 0.261. The molecule has 0 aliphatic heterocycles. The topological polar surface area (TPSA) is 118 Å². The van der Waals surface area contributed by atoms with Crippen LogP contribution < -0.4 is 15.6 Å². The molecule has 0 spiro atoms. The minimum Gasteiger partial charge on any atom is -0.494 e. The molecule has 0 unspecified atom stereocenters. The maximum absolute atomic E-state index is 12.8. The van der Waals surface area contributed by atoms with Gasteiger partial charge in [0.2, 0.25) is 15.7 Å².